The summed E-state index contributed by atoms with van der Waals surface area (Å²) >= 11 is 0. The number of rotatable bonds is 4. The smallest absolute Gasteiger partial charge is 0.317 e. The van der Waals surface area contributed by atoms with Gasteiger partial charge in [0.2, 0.25) is 0 Å². The fourth-order valence-electron chi connectivity index (χ4n) is 3.77. The number of amides is 1. The van der Waals surface area contributed by atoms with Crippen LogP contribution in [0.1, 0.15) is 10.5 Å². The molecule has 2 bridgehead atoms. The van der Waals surface area contributed by atoms with E-state index in [2.05, 4.69) is 5.16 Å². The fourth-order valence-corrected chi connectivity index (χ4v) is 3.77. The van der Waals surface area contributed by atoms with E-state index < -0.39 is 5.97 Å². The highest BCUT2D eigenvalue weighted by Gasteiger charge is 2.37. The van der Waals surface area contributed by atoms with E-state index in [0.717, 1.165) is 5.56 Å². The van der Waals surface area contributed by atoms with Crippen molar-refractivity contribution in [1.82, 2.24) is 15.0 Å². The van der Waals surface area contributed by atoms with Crippen molar-refractivity contribution >= 4 is 11.9 Å². The Kier molecular flexibility index (Phi) is 4.91. The van der Waals surface area contributed by atoms with Crippen LogP contribution in [0.5, 0.6) is 0 Å². The van der Waals surface area contributed by atoms with Crippen LogP contribution in [0, 0.1) is 5.92 Å². The quantitative estimate of drug-likeness (QED) is 0.863. The first-order chi connectivity index (χ1) is 13.1. The summed E-state index contributed by atoms with van der Waals surface area (Å²) in [5, 5.41) is 13.1. The number of hydrogen-bond acceptors (Lipinski definition) is 6. The molecule has 2 fully saturated rings. The molecule has 3 heterocycles. The van der Waals surface area contributed by atoms with Crippen molar-refractivity contribution in [3.8, 4) is 11.3 Å². The summed E-state index contributed by atoms with van der Waals surface area (Å²) in [6, 6.07) is 10.9. The monoisotopic (exact) mass is 371 g/mol. The van der Waals surface area contributed by atoms with E-state index in [1.807, 2.05) is 35.2 Å². The third kappa shape index (κ3) is 3.86. The summed E-state index contributed by atoms with van der Waals surface area (Å²) < 4.78 is 11.1. The lowest BCUT2D eigenvalue weighted by Gasteiger charge is -2.30. The van der Waals surface area contributed by atoms with Gasteiger partial charge in [-0.05, 0) is 0 Å². The van der Waals surface area contributed by atoms with Gasteiger partial charge in [0, 0.05) is 37.2 Å². The molecular weight excluding hydrogens is 350 g/mol. The molecule has 2 aromatic rings. The predicted molar refractivity (Wildman–Crippen MR) is 95.1 cm³/mol. The van der Waals surface area contributed by atoms with Gasteiger partial charge in [-0.1, -0.05) is 35.5 Å². The molecule has 1 aromatic carbocycles. The molecule has 8 heteroatoms. The van der Waals surface area contributed by atoms with Crippen LogP contribution in [0.15, 0.2) is 40.9 Å². The van der Waals surface area contributed by atoms with Gasteiger partial charge in [0.25, 0.3) is 5.91 Å². The third-order valence-corrected chi connectivity index (χ3v) is 4.95. The summed E-state index contributed by atoms with van der Waals surface area (Å²) in [6.07, 6.45) is 0. The zero-order chi connectivity index (χ0) is 18.8. The van der Waals surface area contributed by atoms with Crippen LogP contribution in [0.25, 0.3) is 11.3 Å². The minimum Gasteiger partial charge on any atom is -0.480 e. The average molecular weight is 371 g/mol. The Balaban J connectivity index is 1.55. The van der Waals surface area contributed by atoms with Crippen LogP contribution < -0.4 is 0 Å². The summed E-state index contributed by atoms with van der Waals surface area (Å²) in [6.45, 7) is 2.47. The molecule has 0 saturated carbocycles. The number of aliphatic carboxylic acids is 1. The number of fused-ring (bicyclic) bond motifs is 3. The Morgan fingerprint density at radius 3 is 2.74 bits per heavy atom. The largest absolute Gasteiger partial charge is 0.480 e. The summed E-state index contributed by atoms with van der Waals surface area (Å²) in [5.74, 6) is -0.460. The molecular formula is C19H21N3O5. The Labute approximate surface area is 156 Å². The van der Waals surface area contributed by atoms with E-state index in [0.29, 0.717) is 38.6 Å². The molecule has 2 atom stereocenters. The molecule has 1 aromatic heterocycles. The van der Waals surface area contributed by atoms with Crippen LogP contribution in [0.4, 0.5) is 0 Å². The standard InChI is InChI=1S/C19H21N3O5/c23-18(24)10-21-7-13-8-22(15(9-21)12-26-11-13)19(25)16-6-17(27-20-16)14-4-2-1-3-5-14/h1-6,13,15H,7-12H2,(H,23,24)/t13-,15-/m0/s1. The molecule has 142 valence electrons. The molecule has 0 radical (unpaired) electrons. The minimum absolute atomic E-state index is 0.0306. The van der Waals surface area contributed by atoms with Crippen LogP contribution in [0.3, 0.4) is 0 Å². The van der Waals surface area contributed by atoms with Gasteiger partial charge >= 0.3 is 5.97 Å². The number of carboxylic acids is 1. The molecule has 0 aliphatic carbocycles. The average Bonchev–Trinajstić information content (AvgIpc) is 2.97. The summed E-state index contributed by atoms with van der Waals surface area (Å²) in [7, 11) is 0. The molecule has 2 aliphatic rings. The first-order valence-electron chi connectivity index (χ1n) is 8.95. The SMILES string of the molecule is O=C(O)CN1C[C@@H]2COC[C@H](C1)N(C(=O)c1cc(-c3ccccc3)on1)C2. The lowest BCUT2D eigenvalue weighted by molar-refractivity contribution is -0.138. The molecule has 2 saturated heterocycles. The van der Waals surface area contributed by atoms with Gasteiger partial charge < -0.3 is 19.3 Å². The maximum absolute atomic E-state index is 13.1. The second-order valence-corrected chi connectivity index (χ2v) is 7.05. The molecule has 0 spiro atoms. The van der Waals surface area contributed by atoms with E-state index in [1.54, 1.807) is 11.0 Å². The van der Waals surface area contributed by atoms with Crippen molar-refractivity contribution in [2.45, 2.75) is 6.04 Å². The highest BCUT2D eigenvalue weighted by molar-refractivity contribution is 5.93. The van der Waals surface area contributed by atoms with Gasteiger partial charge in [-0.25, -0.2) is 0 Å². The Morgan fingerprint density at radius 2 is 1.96 bits per heavy atom. The summed E-state index contributed by atoms with van der Waals surface area (Å²) in [4.78, 5) is 27.8. The predicted octanol–water partition coefficient (Wildman–Crippen LogP) is 1.20. The Bertz CT molecular complexity index is 822. The van der Waals surface area contributed by atoms with Crippen molar-refractivity contribution in [1.29, 1.82) is 0 Å². The van der Waals surface area contributed by atoms with E-state index >= 15 is 0 Å². The van der Waals surface area contributed by atoms with Crippen LogP contribution in [-0.4, -0.2) is 77.4 Å². The van der Waals surface area contributed by atoms with Gasteiger partial charge in [0.05, 0.1) is 25.8 Å². The second-order valence-electron chi connectivity index (χ2n) is 7.05. The van der Waals surface area contributed by atoms with Gasteiger partial charge in [-0.3, -0.25) is 14.5 Å². The topological polar surface area (TPSA) is 96.1 Å². The van der Waals surface area contributed by atoms with Gasteiger partial charge in [-0.15, -0.1) is 0 Å². The molecule has 1 amide bonds. The Hall–Kier alpha value is -2.71. The zero-order valence-electron chi connectivity index (χ0n) is 14.8. The highest BCUT2D eigenvalue weighted by atomic mass is 16.5. The van der Waals surface area contributed by atoms with Crippen molar-refractivity contribution in [2.75, 3.05) is 39.4 Å². The Morgan fingerprint density at radius 1 is 1.15 bits per heavy atom. The van der Waals surface area contributed by atoms with Gasteiger partial charge in [0.15, 0.2) is 11.5 Å². The van der Waals surface area contributed by atoms with Crippen molar-refractivity contribution in [3.63, 3.8) is 0 Å². The van der Waals surface area contributed by atoms with E-state index in [-0.39, 0.29) is 30.1 Å². The number of carbonyl (C=O) groups is 2. The number of carboxylic acid groups (broad SMARTS) is 1. The first-order valence-corrected chi connectivity index (χ1v) is 8.95. The van der Waals surface area contributed by atoms with Crippen LogP contribution in [0.2, 0.25) is 0 Å². The van der Waals surface area contributed by atoms with E-state index in [1.165, 1.54) is 0 Å². The second kappa shape index (κ2) is 7.50. The lowest BCUT2D eigenvalue weighted by atomic mass is 10.1. The molecule has 2 aliphatic heterocycles. The van der Waals surface area contributed by atoms with E-state index in [9.17, 15) is 9.59 Å². The van der Waals surface area contributed by atoms with Gasteiger partial charge in [-0.2, -0.15) is 0 Å². The molecule has 0 unspecified atom stereocenters. The lowest BCUT2D eigenvalue weighted by Crippen LogP contribution is -2.47. The minimum atomic E-state index is -0.863. The number of benzene rings is 1. The van der Waals surface area contributed by atoms with Crippen molar-refractivity contribution in [3.05, 3.63) is 42.1 Å². The molecule has 1 N–H and O–H groups in total. The maximum atomic E-state index is 13.1. The van der Waals surface area contributed by atoms with Crippen LogP contribution >= 0.6 is 0 Å². The van der Waals surface area contributed by atoms with Crippen LogP contribution in [-0.2, 0) is 9.53 Å². The first kappa shape index (κ1) is 17.7. The normalized spacial score (nSPS) is 23.0. The molecule has 4 rings (SSSR count). The summed E-state index contributed by atoms with van der Waals surface area (Å²) in [5.41, 5.74) is 1.11. The third-order valence-electron chi connectivity index (χ3n) is 4.95. The van der Waals surface area contributed by atoms with Crippen molar-refractivity contribution < 1.29 is 24.0 Å². The number of aromatic nitrogens is 1. The zero-order valence-corrected chi connectivity index (χ0v) is 14.8. The van der Waals surface area contributed by atoms with Gasteiger partial charge in [0.1, 0.15) is 0 Å². The van der Waals surface area contributed by atoms with E-state index in [4.69, 9.17) is 14.4 Å². The maximum Gasteiger partial charge on any atom is 0.317 e. The number of hydrogen-bond donors (Lipinski definition) is 1. The molecule has 27 heavy (non-hydrogen) atoms. The number of ether oxygens (including phenoxy) is 1. The number of carbonyl (C=O) groups excluding carboxylic acids is 1. The highest BCUT2D eigenvalue weighted by Crippen LogP contribution is 2.24. The molecule has 8 nitrogen and oxygen atoms in total. The fraction of sp³-hybridized carbons (Fsp3) is 0.421. The number of nitrogens with zero attached hydrogens (tertiary/aromatic N) is 3. The van der Waals surface area contributed by atoms with Crippen molar-refractivity contribution in [2.24, 2.45) is 5.92 Å².